The quantitative estimate of drug-likeness (QED) is 0.615. The highest BCUT2D eigenvalue weighted by atomic mass is 32.2. The lowest BCUT2D eigenvalue weighted by atomic mass is 10.2. The van der Waals surface area contributed by atoms with Crippen molar-refractivity contribution >= 4 is 51.9 Å². The Labute approximate surface area is 160 Å². The van der Waals surface area contributed by atoms with E-state index in [2.05, 4.69) is 0 Å². The van der Waals surface area contributed by atoms with E-state index in [1.165, 1.54) is 28.8 Å². The van der Waals surface area contributed by atoms with Gasteiger partial charge in [0, 0.05) is 0 Å². The third kappa shape index (κ3) is 3.79. The van der Waals surface area contributed by atoms with E-state index in [1.54, 1.807) is 18.2 Å². The van der Waals surface area contributed by atoms with Crippen LogP contribution >= 0.6 is 24.0 Å². The first-order valence-electron chi connectivity index (χ1n) is 7.84. The van der Waals surface area contributed by atoms with E-state index in [0.29, 0.717) is 21.5 Å². The van der Waals surface area contributed by atoms with Gasteiger partial charge < -0.3 is 9.84 Å². The number of hydrogen-bond acceptors (Lipinski definition) is 5. The molecule has 2 aromatic rings. The molecule has 2 aromatic carbocycles. The van der Waals surface area contributed by atoms with Gasteiger partial charge in [0.1, 0.15) is 5.75 Å². The minimum atomic E-state index is -1.02. The molecule has 0 aromatic heterocycles. The van der Waals surface area contributed by atoms with Crippen LogP contribution in [0.4, 0.5) is 5.69 Å². The van der Waals surface area contributed by atoms with Gasteiger partial charge in [-0.25, -0.2) is 4.79 Å². The average Bonchev–Trinajstić information content (AvgIpc) is 2.90. The summed E-state index contributed by atoms with van der Waals surface area (Å²) in [5.41, 5.74) is 1.58. The number of thioether (sulfide) groups is 1. The maximum absolute atomic E-state index is 12.7. The summed E-state index contributed by atoms with van der Waals surface area (Å²) in [6.07, 6.45) is 1.78. The number of anilines is 1. The molecule has 1 aliphatic rings. The van der Waals surface area contributed by atoms with E-state index < -0.39 is 5.97 Å². The molecule has 0 aliphatic carbocycles. The summed E-state index contributed by atoms with van der Waals surface area (Å²) in [5, 5.41) is 8.98. The summed E-state index contributed by atoms with van der Waals surface area (Å²) in [7, 11) is 0. The van der Waals surface area contributed by atoms with Crippen LogP contribution in [0.1, 0.15) is 22.8 Å². The maximum Gasteiger partial charge on any atom is 0.335 e. The predicted octanol–water partition coefficient (Wildman–Crippen LogP) is 4.19. The molecular weight excluding hydrogens is 370 g/mol. The fourth-order valence-electron chi connectivity index (χ4n) is 2.42. The zero-order valence-corrected chi connectivity index (χ0v) is 15.5. The largest absolute Gasteiger partial charge is 0.494 e. The Balaban J connectivity index is 1.82. The second-order valence-electron chi connectivity index (χ2n) is 5.37. The van der Waals surface area contributed by atoms with E-state index in [1.807, 2.05) is 31.2 Å². The number of ether oxygens (including phenoxy) is 1. The lowest BCUT2D eigenvalue weighted by molar-refractivity contribution is -0.113. The van der Waals surface area contributed by atoms with Gasteiger partial charge in [0.05, 0.1) is 22.8 Å². The van der Waals surface area contributed by atoms with Crippen LogP contribution in [0, 0.1) is 0 Å². The van der Waals surface area contributed by atoms with Crippen LogP contribution < -0.4 is 9.64 Å². The number of carboxylic acid groups (broad SMARTS) is 1. The molecule has 0 radical (unpaired) electrons. The molecule has 1 saturated heterocycles. The zero-order chi connectivity index (χ0) is 18.7. The fourth-order valence-corrected chi connectivity index (χ4v) is 3.72. The second kappa shape index (κ2) is 7.72. The van der Waals surface area contributed by atoms with Gasteiger partial charge in [0.15, 0.2) is 4.32 Å². The number of hydrogen-bond donors (Lipinski definition) is 1. The Morgan fingerprint density at radius 3 is 2.42 bits per heavy atom. The molecule has 3 rings (SSSR count). The topological polar surface area (TPSA) is 66.8 Å². The number of carbonyl (C=O) groups is 2. The summed E-state index contributed by atoms with van der Waals surface area (Å²) in [4.78, 5) is 25.6. The van der Waals surface area contributed by atoms with Crippen molar-refractivity contribution in [1.29, 1.82) is 0 Å². The predicted molar refractivity (Wildman–Crippen MR) is 107 cm³/mol. The average molecular weight is 385 g/mol. The van der Waals surface area contributed by atoms with Crippen molar-refractivity contribution in [3.8, 4) is 5.75 Å². The highest BCUT2D eigenvalue weighted by molar-refractivity contribution is 8.27. The molecule has 1 fully saturated rings. The standard InChI is InChI=1S/C19H15NO4S2/c1-2-24-15-9-3-12(4-10-15)11-16-17(21)20(19(25)26-16)14-7-5-13(6-8-14)18(22)23/h3-11H,2H2,1H3,(H,22,23)/b16-11-. The minimum Gasteiger partial charge on any atom is -0.494 e. The second-order valence-corrected chi connectivity index (χ2v) is 7.05. The molecular formula is C19H15NO4S2. The van der Waals surface area contributed by atoms with Crippen LogP contribution in [-0.2, 0) is 4.79 Å². The van der Waals surface area contributed by atoms with E-state index in [9.17, 15) is 9.59 Å². The van der Waals surface area contributed by atoms with Gasteiger partial charge in [-0.3, -0.25) is 9.69 Å². The van der Waals surface area contributed by atoms with Gasteiger partial charge in [-0.2, -0.15) is 0 Å². The summed E-state index contributed by atoms with van der Waals surface area (Å²) >= 11 is 6.54. The first kappa shape index (κ1) is 18.2. The molecule has 0 bridgehead atoms. The van der Waals surface area contributed by atoms with E-state index >= 15 is 0 Å². The molecule has 0 saturated carbocycles. The Bertz CT molecular complexity index is 889. The molecule has 5 nitrogen and oxygen atoms in total. The van der Waals surface area contributed by atoms with Gasteiger partial charge >= 0.3 is 5.97 Å². The van der Waals surface area contributed by atoms with Crippen LogP contribution in [0.25, 0.3) is 6.08 Å². The van der Waals surface area contributed by atoms with Crippen LogP contribution in [-0.4, -0.2) is 27.9 Å². The summed E-state index contributed by atoms with van der Waals surface area (Å²) in [5.74, 6) is -0.468. The third-order valence-corrected chi connectivity index (χ3v) is 4.96. The van der Waals surface area contributed by atoms with Gasteiger partial charge in [-0.15, -0.1) is 0 Å². The first-order valence-corrected chi connectivity index (χ1v) is 9.06. The van der Waals surface area contributed by atoms with Crippen molar-refractivity contribution in [1.82, 2.24) is 0 Å². The SMILES string of the molecule is CCOc1ccc(/C=C2\SC(=S)N(c3ccc(C(=O)O)cc3)C2=O)cc1. The van der Waals surface area contributed by atoms with Crippen LogP contribution in [0.3, 0.4) is 0 Å². The smallest absolute Gasteiger partial charge is 0.335 e. The molecule has 132 valence electrons. The fraction of sp³-hybridized carbons (Fsp3) is 0.105. The number of carbonyl (C=O) groups excluding carboxylic acids is 1. The molecule has 0 spiro atoms. The zero-order valence-electron chi connectivity index (χ0n) is 13.8. The minimum absolute atomic E-state index is 0.157. The van der Waals surface area contributed by atoms with Crippen LogP contribution in [0.15, 0.2) is 53.4 Å². The lowest BCUT2D eigenvalue weighted by Crippen LogP contribution is -2.27. The van der Waals surface area contributed by atoms with Gasteiger partial charge in [0.2, 0.25) is 0 Å². The number of rotatable bonds is 5. The number of aromatic carboxylic acids is 1. The Kier molecular flexibility index (Phi) is 5.39. The van der Waals surface area contributed by atoms with Crippen molar-refractivity contribution in [2.45, 2.75) is 6.92 Å². The molecule has 1 amide bonds. The van der Waals surface area contributed by atoms with E-state index in [4.69, 9.17) is 22.1 Å². The molecule has 1 heterocycles. The number of nitrogens with zero attached hydrogens (tertiary/aromatic N) is 1. The molecule has 1 N–H and O–H groups in total. The van der Waals surface area contributed by atoms with Gasteiger partial charge in [-0.1, -0.05) is 36.1 Å². The third-order valence-electron chi connectivity index (χ3n) is 3.66. The van der Waals surface area contributed by atoms with Crippen molar-refractivity contribution < 1.29 is 19.4 Å². The highest BCUT2D eigenvalue weighted by Crippen LogP contribution is 2.36. The van der Waals surface area contributed by atoms with Crippen molar-refractivity contribution in [3.05, 3.63) is 64.6 Å². The summed E-state index contributed by atoms with van der Waals surface area (Å²) < 4.78 is 5.82. The normalized spacial score (nSPS) is 15.6. The summed E-state index contributed by atoms with van der Waals surface area (Å²) in [6, 6.07) is 13.5. The molecule has 1 aliphatic heterocycles. The van der Waals surface area contributed by atoms with Crippen LogP contribution in [0.2, 0.25) is 0 Å². The van der Waals surface area contributed by atoms with Crippen molar-refractivity contribution in [3.63, 3.8) is 0 Å². The molecule has 26 heavy (non-hydrogen) atoms. The number of amides is 1. The number of carboxylic acids is 1. The number of thiocarbonyl (C=S) groups is 1. The van der Waals surface area contributed by atoms with Crippen molar-refractivity contribution in [2.24, 2.45) is 0 Å². The first-order chi connectivity index (χ1) is 12.5. The molecule has 7 heteroatoms. The Morgan fingerprint density at radius 1 is 1.19 bits per heavy atom. The molecule has 0 unspecified atom stereocenters. The monoisotopic (exact) mass is 385 g/mol. The lowest BCUT2D eigenvalue weighted by Gasteiger charge is -2.14. The van der Waals surface area contributed by atoms with Crippen LogP contribution in [0.5, 0.6) is 5.75 Å². The highest BCUT2D eigenvalue weighted by Gasteiger charge is 2.33. The molecule has 0 atom stereocenters. The Morgan fingerprint density at radius 2 is 1.85 bits per heavy atom. The van der Waals surface area contributed by atoms with E-state index in [0.717, 1.165) is 11.3 Å². The van der Waals surface area contributed by atoms with Crippen molar-refractivity contribution in [2.75, 3.05) is 11.5 Å². The van der Waals surface area contributed by atoms with Gasteiger partial charge in [-0.05, 0) is 55.0 Å². The maximum atomic E-state index is 12.7. The van der Waals surface area contributed by atoms with E-state index in [-0.39, 0.29) is 11.5 Å². The summed E-state index contributed by atoms with van der Waals surface area (Å²) in [6.45, 7) is 2.51. The van der Waals surface area contributed by atoms with Gasteiger partial charge in [0.25, 0.3) is 5.91 Å². The Hall–Kier alpha value is -2.64. The number of benzene rings is 2.